The van der Waals surface area contributed by atoms with Crippen LogP contribution in [0, 0.1) is 0 Å². The summed E-state index contributed by atoms with van der Waals surface area (Å²) in [6.45, 7) is 0.0948. The molecule has 0 aliphatic rings. The molecule has 17 heavy (non-hydrogen) atoms. The molecule has 0 spiro atoms. The fourth-order valence-corrected chi connectivity index (χ4v) is 1.46. The van der Waals surface area contributed by atoms with Crippen molar-refractivity contribution in [1.29, 1.82) is 0 Å². The van der Waals surface area contributed by atoms with E-state index in [2.05, 4.69) is 10.4 Å². The zero-order valence-corrected chi connectivity index (χ0v) is 9.33. The largest absolute Gasteiger partial charge is 0.467 e. The number of aromatic nitrogens is 2. The quantitative estimate of drug-likeness (QED) is 0.807. The molecular weight excluding hydrogens is 222 g/mol. The van der Waals surface area contributed by atoms with E-state index in [0.717, 1.165) is 0 Å². The summed E-state index contributed by atoms with van der Waals surface area (Å²) < 4.78 is 6.49. The molecule has 0 aromatic carbocycles. The number of aryl methyl sites for hydroxylation is 1. The molecule has 2 aromatic heterocycles. The van der Waals surface area contributed by atoms with Crippen LogP contribution in [0.15, 0.2) is 35.1 Å². The Morgan fingerprint density at radius 1 is 1.65 bits per heavy atom. The molecule has 1 amide bonds. The summed E-state index contributed by atoms with van der Waals surface area (Å²) in [5, 5.41) is 16.2. The highest BCUT2D eigenvalue weighted by Gasteiger charge is 2.14. The Bertz CT molecular complexity index is 490. The van der Waals surface area contributed by atoms with Crippen LogP contribution in [0.3, 0.4) is 0 Å². The summed E-state index contributed by atoms with van der Waals surface area (Å²) in [5.74, 6) is 0.144. The number of hydrogen-bond acceptors (Lipinski definition) is 4. The van der Waals surface area contributed by atoms with Gasteiger partial charge in [0.1, 0.15) is 17.6 Å². The second kappa shape index (κ2) is 4.84. The summed E-state index contributed by atoms with van der Waals surface area (Å²) in [6, 6.07) is 4.94. The predicted octanol–water partition coefficient (Wildman–Crippen LogP) is 0.477. The van der Waals surface area contributed by atoms with Crippen LogP contribution < -0.4 is 5.32 Å². The molecule has 1 atom stereocenters. The van der Waals surface area contributed by atoms with Crippen molar-refractivity contribution in [2.45, 2.75) is 6.10 Å². The lowest BCUT2D eigenvalue weighted by Gasteiger charge is -2.09. The van der Waals surface area contributed by atoms with Gasteiger partial charge in [-0.05, 0) is 18.2 Å². The molecule has 6 heteroatoms. The first-order valence-electron chi connectivity index (χ1n) is 5.16. The van der Waals surface area contributed by atoms with Gasteiger partial charge in [-0.3, -0.25) is 9.48 Å². The second-order valence-electron chi connectivity index (χ2n) is 3.58. The first kappa shape index (κ1) is 11.4. The SMILES string of the molecule is Cn1nccc1C(=O)NCC(O)c1ccco1. The van der Waals surface area contributed by atoms with E-state index in [0.29, 0.717) is 11.5 Å². The Morgan fingerprint density at radius 2 is 2.47 bits per heavy atom. The zero-order chi connectivity index (χ0) is 12.3. The van der Waals surface area contributed by atoms with Crippen LogP contribution in [0.5, 0.6) is 0 Å². The van der Waals surface area contributed by atoms with Crippen molar-refractivity contribution in [3.8, 4) is 0 Å². The molecule has 0 saturated heterocycles. The molecular formula is C11H13N3O3. The standard InChI is InChI=1S/C11H13N3O3/c1-14-8(4-5-13-14)11(16)12-7-9(15)10-3-2-6-17-10/h2-6,9,15H,7H2,1H3,(H,12,16). The Morgan fingerprint density at radius 3 is 3.06 bits per heavy atom. The van der Waals surface area contributed by atoms with E-state index >= 15 is 0 Å². The van der Waals surface area contributed by atoms with Gasteiger partial charge in [-0.25, -0.2) is 0 Å². The van der Waals surface area contributed by atoms with Gasteiger partial charge in [0.25, 0.3) is 5.91 Å². The molecule has 6 nitrogen and oxygen atoms in total. The lowest BCUT2D eigenvalue weighted by Crippen LogP contribution is -2.29. The molecule has 0 radical (unpaired) electrons. The van der Waals surface area contributed by atoms with Crippen molar-refractivity contribution in [2.24, 2.45) is 7.05 Å². The Hall–Kier alpha value is -2.08. The molecule has 0 bridgehead atoms. The molecule has 0 aliphatic carbocycles. The first-order valence-corrected chi connectivity index (χ1v) is 5.16. The third-order valence-electron chi connectivity index (χ3n) is 2.38. The molecule has 0 fully saturated rings. The van der Waals surface area contributed by atoms with Gasteiger partial charge in [-0.1, -0.05) is 0 Å². The molecule has 2 aromatic rings. The van der Waals surface area contributed by atoms with Crippen molar-refractivity contribution in [1.82, 2.24) is 15.1 Å². The minimum atomic E-state index is -0.845. The Labute approximate surface area is 97.9 Å². The average molecular weight is 235 g/mol. The highest BCUT2D eigenvalue weighted by molar-refractivity contribution is 5.92. The maximum Gasteiger partial charge on any atom is 0.269 e. The van der Waals surface area contributed by atoms with Gasteiger partial charge in [-0.15, -0.1) is 0 Å². The minimum absolute atomic E-state index is 0.0948. The second-order valence-corrected chi connectivity index (χ2v) is 3.58. The van der Waals surface area contributed by atoms with E-state index in [9.17, 15) is 9.90 Å². The number of aliphatic hydroxyl groups excluding tert-OH is 1. The molecule has 90 valence electrons. The summed E-state index contributed by atoms with van der Waals surface area (Å²) in [4.78, 5) is 11.7. The summed E-state index contributed by atoms with van der Waals surface area (Å²) in [5.41, 5.74) is 0.441. The maximum atomic E-state index is 11.7. The lowest BCUT2D eigenvalue weighted by molar-refractivity contribution is 0.0892. The number of carbonyl (C=O) groups excluding carboxylic acids is 1. The third kappa shape index (κ3) is 2.54. The molecule has 2 heterocycles. The molecule has 2 N–H and O–H groups in total. The van der Waals surface area contributed by atoms with Gasteiger partial charge in [0.15, 0.2) is 0 Å². The van der Waals surface area contributed by atoms with Crippen molar-refractivity contribution < 1.29 is 14.3 Å². The number of carbonyl (C=O) groups is 1. The molecule has 0 saturated carbocycles. The maximum absolute atomic E-state index is 11.7. The zero-order valence-electron chi connectivity index (χ0n) is 9.33. The van der Waals surface area contributed by atoms with Crippen LogP contribution in [0.4, 0.5) is 0 Å². The highest BCUT2D eigenvalue weighted by atomic mass is 16.4. The van der Waals surface area contributed by atoms with Crippen molar-refractivity contribution >= 4 is 5.91 Å². The van der Waals surface area contributed by atoms with Crippen molar-refractivity contribution in [3.05, 3.63) is 42.1 Å². The smallest absolute Gasteiger partial charge is 0.269 e. The number of hydrogen-bond donors (Lipinski definition) is 2. The average Bonchev–Trinajstić information content (AvgIpc) is 2.95. The predicted molar refractivity (Wildman–Crippen MR) is 59.2 cm³/mol. The van der Waals surface area contributed by atoms with Crippen LogP contribution in [-0.4, -0.2) is 27.3 Å². The third-order valence-corrected chi connectivity index (χ3v) is 2.38. The number of aliphatic hydroxyl groups is 1. The lowest BCUT2D eigenvalue weighted by atomic mass is 10.2. The fraction of sp³-hybridized carbons (Fsp3) is 0.273. The van der Waals surface area contributed by atoms with E-state index in [-0.39, 0.29) is 12.5 Å². The van der Waals surface area contributed by atoms with E-state index in [1.54, 1.807) is 25.2 Å². The highest BCUT2D eigenvalue weighted by Crippen LogP contribution is 2.11. The van der Waals surface area contributed by atoms with Crippen molar-refractivity contribution in [2.75, 3.05) is 6.54 Å². The topological polar surface area (TPSA) is 80.3 Å². The van der Waals surface area contributed by atoms with Gasteiger partial charge >= 0.3 is 0 Å². The first-order chi connectivity index (χ1) is 8.18. The van der Waals surface area contributed by atoms with Crippen LogP contribution in [0.2, 0.25) is 0 Å². The van der Waals surface area contributed by atoms with E-state index < -0.39 is 6.10 Å². The van der Waals surface area contributed by atoms with Crippen LogP contribution in [0.1, 0.15) is 22.4 Å². The van der Waals surface area contributed by atoms with Gasteiger partial charge in [0.05, 0.1) is 12.8 Å². The van der Waals surface area contributed by atoms with E-state index in [4.69, 9.17) is 4.42 Å². The number of furan rings is 1. The number of amides is 1. The minimum Gasteiger partial charge on any atom is -0.467 e. The van der Waals surface area contributed by atoms with Crippen LogP contribution >= 0.6 is 0 Å². The van der Waals surface area contributed by atoms with Gasteiger partial charge in [0.2, 0.25) is 0 Å². The number of rotatable bonds is 4. The van der Waals surface area contributed by atoms with Gasteiger partial charge in [0, 0.05) is 13.2 Å². The number of nitrogens with one attached hydrogen (secondary N) is 1. The summed E-state index contributed by atoms with van der Waals surface area (Å²) >= 11 is 0. The van der Waals surface area contributed by atoms with Crippen LogP contribution in [0.25, 0.3) is 0 Å². The molecule has 0 aliphatic heterocycles. The number of nitrogens with zero attached hydrogens (tertiary/aromatic N) is 2. The van der Waals surface area contributed by atoms with Crippen LogP contribution in [-0.2, 0) is 7.05 Å². The Balaban J connectivity index is 1.91. The summed E-state index contributed by atoms with van der Waals surface area (Å²) in [6.07, 6.45) is 2.17. The molecule has 2 rings (SSSR count). The van der Waals surface area contributed by atoms with Crippen molar-refractivity contribution in [3.63, 3.8) is 0 Å². The normalized spacial score (nSPS) is 12.4. The van der Waals surface area contributed by atoms with Gasteiger partial charge < -0.3 is 14.8 Å². The Kier molecular flexibility index (Phi) is 3.24. The summed E-state index contributed by atoms with van der Waals surface area (Å²) in [7, 11) is 1.68. The fourth-order valence-electron chi connectivity index (χ4n) is 1.46. The molecule has 1 unspecified atom stereocenters. The van der Waals surface area contributed by atoms with Gasteiger partial charge in [-0.2, -0.15) is 5.10 Å². The monoisotopic (exact) mass is 235 g/mol. The van der Waals surface area contributed by atoms with E-state index in [1.807, 2.05) is 0 Å². The van der Waals surface area contributed by atoms with E-state index in [1.165, 1.54) is 17.1 Å².